The summed E-state index contributed by atoms with van der Waals surface area (Å²) in [7, 11) is 4.84. The number of hydrogen-bond acceptors (Lipinski definition) is 8. The molecule has 0 radical (unpaired) electrons. The maximum Gasteiger partial charge on any atom is 0.254 e. The van der Waals surface area contributed by atoms with Crippen molar-refractivity contribution >= 4 is 5.91 Å². The summed E-state index contributed by atoms with van der Waals surface area (Å²) in [6, 6.07) is 14.3. The zero-order chi connectivity index (χ0) is 29.4. The molecule has 1 atom stereocenters. The van der Waals surface area contributed by atoms with Gasteiger partial charge in [-0.05, 0) is 86.8 Å². The van der Waals surface area contributed by atoms with Crippen LogP contribution in [0.1, 0.15) is 48.3 Å². The molecule has 0 aliphatic carbocycles. The van der Waals surface area contributed by atoms with Gasteiger partial charge in [0.2, 0.25) is 5.75 Å². The molecule has 0 fully saturated rings. The van der Waals surface area contributed by atoms with E-state index in [1.807, 2.05) is 62.1 Å². The molecule has 4 rings (SSSR count). The standard InChI is InChI=1S/C32H39NO8/c1-7-38-29-17-22(18-30(39-8-2)31(29)40-9-3)32(34)33-15-14-21-16-27(36-5)28(37-6)19-25(21)26(33)20-41-24-12-10-23(35-4)11-13-24/h10-13,16-19,26H,7-9,14-15,20H2,1-6H3/t26-/m1/s1. The first-order chi connectivity index (χ1) is 20.0. The van der Waals surface area contributed by atoms with E-state index in [4.69, 9.17) is 33.2 Å². The Morgan fingerprint density at radius 3 is 1.88 bits per heavy atom. The molecular formula is C32H39NO8. The average molecular weight is 566 g/mol. The van der Waals surface area contributed by atoms with Crippen LogP contribution in [-0.2, 0) is 6.42 Å². The minimum atomic E-state index is -0.397. The van der Waals surface area contributed by atoms with Gasteiger partial charge in [0.1, 0.15) is 18.1 Å². The zero-order valence-corrected chi connectivity index (χ0v) is 24.7. The number of benzene rings is 3. The number of fused-ring (bicyclic) bond motifs is 1. The highest BCUT2D eigenvalue weighted by molar-refractivity contribution is 5.96. The number of hydrogen-bond donors (Lipinski definition) is 0. The summed E-state index contributed by atoms with van der Waals surface area (Å²) >= 11 is 0. The van der Waals surface area contributed by atoms with Crippen molar-refractivity contribution in [1.82, 2.24) is 4.90 Å². The van der Waals surface area contributed by atoms with Gasteiger partial charge < -0.3 is 38.1 Å². The van der Waals surface area contributed by atoms with Gasteiger partial charge in [0, 0.05) is 12.1 Å². The van der Waals surface area contributed by atoms with Crippen molar-refractivity contribution < 1.29 is 38.0 Å². The molecule has 1 aliphatic rings. The normalized spacial score (nSPS) is 14.1. The molecule has 0 aromatic heterocycles. The summed E-state index contributed by atoms with van der Waals surface area (Å²) in [5.41, 5.74) is 2.46. The number of carbonyl (C=O) groups excluding carboxylic acids is 1. The summed E-state index contributed by atoms with van der Waals surface area (Å²) in [6.07, 6.45) is 0.647. The third-order valence-electron chi connectivity index (χ3n) is 6.89. The third kappa shape index (κ3) is 6.56. The molecule has 0 spiro atoms. The van der Waals surface area contributed by atoms with Crippen LogP contribution in [0, 0.1) is 0 Å². The number of ether oxygens (including phenoxy) is 7. The average Bonchev–Trinajstić information content (AvgIpc) is 3.00. The number of nitrogens with zero attached hydrogens (tertiary/aromatic N) is 1. The maximum atomic E-state index is 14.2. The van der Waals surface area contributed by atoms with Crippen molar-refractivity contribution in [3.8, 4) is 40.2 Å². The first-order valence-electron chi connectivity index (χ1n) is 13.9. The SMILES string of the molecule is CCOc1cc(C(=O)N2CCc3cc(OC)c(OC)cc3[C@H]2COc2ccc(OC)cc2)cc(OCC)c1OCC. The molecular weight excluding hydrogens is 526 g/mol. The predicted octanol–water partition coefficient (Wildman–Crippen LogP) is 5.73. The van der Waals surface area contributed by atoms with E-state index in [1.165, 1.54) is 0 Å². The lowest BCUT2D eigenvalue weighted by Crippen LogP contribution is -2.42. The Morgan fingerprint density at radius 1 is 0.732 bits per heavy atom. The molecule has 0 saturated carbocycles. The summed E-state index contributed by atoms with van der Waals surface area (Å²) in [6.45, 7) is 7.66. The monoisotopic (exact) mass is 565 g/mol. The summed E-state index contributed by atoms with van der Waals surface area (Å²) in [5, 5.41) is 0. The van der Waals surface area contributed by atoms with Gasteiger partial charge in [-0.1, -0.05) is 0 Å². The van der Waals surface area contributed by atoms with E-state index in [-0.39, 0.29) is 12.5 Å². The number of rotatable bonds is 13. The molecule has 220 valence electrons. The van der Waals surface area contributed by atoms with Crippen LogP contribution < -0.4 is 33.2 Å². The summed E-state index contributed by atoms with van der Waals surface area (Å²) in [5.74, 6) is 3.91. The van der Waals surface area contributed by atoms with Crippen molar-refractivity contribution in [1.29, 1.82) is 0 Å². The zero-order valence-electron chi connectivity index (χ0n) is 24.7. The van der Waals surface area contributed by atoms with Crippen molar-refractivity contribution in [2.45, 2.75) is 33.2 Å². The number of methoxy groups -OCH3 is 3. The maximum absolute atomic E-state index is 14.2. The predicted molar refractivity (Wildman–Crippen MR) is 155 cm³/mol. The molecule has 1 heterocycles. The van der Waals surface area contributed by atoms with E-state index in [2.05, 4.69) is 0 Å². The van der Waals surface area contributed by atoms with Gasteiger partial charge in [0.25, 0.3) is 5.91 Å². The van der Waals surface area contributed by atoms with Crippen LogP contribution >= 0.6 is 0 Å². The Labute approximate surface area is 241 Å². The lowest BCUT2D eigenvalue weighted by Gasteiger charge is -2.38. The van der Waals surface area contributed by atoms with Crippen LogP contribution in [0.15, 0.2) is 48.5 Å². The Kier molecular flexibility index (Phi) is 10.1. The van der Waals surface area contributed by atoms with Gasteiger partial charge in [-0.15, -0.1) is 0 Å². The molecule has 3 aromatic rings. The van der Waals surface area contributed by atoms with E-state index >= 15 is 0 Å². The van der Waals surface area contributed by atoms with E-state index in [1.54, 1.807) is 33.5 Å². The van der Waals surface area contributed by atoms with Gasteiger partial charge >= 0.3 is 0 Å². The van der Waals surface area contributed by atoms with E-state index < -0.39 is 6.04 Å². The second-order valence-electron chi connectivity index (χ2n) is 9.26. The smallest absolute Gasteiger partial charge is 0.254 e. The van der Waals surface area contributed by atoms with Crippen LogP contribution in [0.5, 0.6) is 40.2 Å². The Morgan fingerprint density at radius 2 is 1.32 bits per heavy atom. The van der Waals surface area contributed by atoms with Crippen LogP contribution in [0.2, 0.25) is 0 Å². The van der Waals surface area contributed by atoms with Gasteiger partial charge in [-0.2, -0.15) is 0 Å². The molecule has 3 aromatic carbocycles. The van der Waals surface area contributed by atoms with Gasteiger partial charge in [0.15, 0.2) is 23.0 Å². The fourth-order valence-electron chi connectivity index (χ4n) is 4.98. The van der Waals surface area contributed by atoms with Gasteiger partial charge in [-0.3, -0.25) is 4.79 Å². The van der Waals surface area contributed by atoms with Crippen LogP contribution in [-0.4, -0.2) is 65.1 Å². The molecule has 0 N–H and O–H groups in total. The quantitative estimate of drug-likeness (QED) is 0.260. The second kappa shape index (κ2) is 13.9. The summed E-state index contributed by atoms with van der Waals surface area (Å²) in [4.78, 5) is 16.1. The molecule has 0 bridgehead atoms. The highest BCUT2D eigenvalue weighted by Crippen LogP contribution is 2.42. The second-order valence-corrected chi connectivity index (χ2v) is 9.26. The highest BCUT2D eigenvalue weighted by atomic mass is 16.5. The van der Waals surface area contributed by atoms with E-state index in [9.17, 15) is 4.79 Å². The van der Waals surface area contributed by atoms with Crippen molar-refractivity contribution in [2.75, 3.05) is 54.3 Å². The largest absolute Gasteiger partial charge is 0.497 e. The van der Waals surface area contributed by atoms with Crippen LogP contribution in [0.25, 0.3) is 0 Å². The summed E-state index contributed by atoms with van der Waals surface area (Å²) < 4.78 is 40.3. The molecule has 9 heteroatoms. The fraction of sp³-hybridized carbons (Fsp3) is 0.406. The van der Waals surface area contributed by atoms with E-state index in [0.29, 0.717) is 72.8 Å². The van der Waals surface area contributed by atoms with Gasteiger partial charge in [0.05, 0.1) is 47.2 Å². The number of amides is 1. The van der Waals surface area contributed by atoms with E-state index in [0.717, 1.165) is 16.9 Å². The lowest BCUT2D eigenvalue weighted by molar-refractivity contribution is 0.0588. The molecule has 1 amide bonds. The van der Waals surface area contributed by atoms with Gasteiger partial charge in [-0.25, -0.2) is 0 Å². The minimum Gasteiger partial charge on any atom is -0.497 e. The molecule has 9 nitrogen and oxygen atoms in total. The first kappa shape index (κ1) is 29.7. The number of carbonyl (C=O) groups is 1. The lowest BCUT2D eigenvalue weighted by atomic mass is 9.91. The third-order valence-corrected chi connectivity index (χ3v) is 6.89. The minimum absolute atomic E-state index is 0.168. The van der Waals surface area contributed by atoms with Crippen LogP contribution in [0.3, 0.4) is 0 Å². The molecule has 0 unspecified atom stereocenters. The van der Waals surface area contributed by atoms with Crippen molar-refractivity contribution in [2.24, 2.45) is 0 Å². The fourth-order valence-corrected chi connectivity index (χ4v) is 4.98. The Balaban J connectivity index is 1.74. The molecule has 41 heavy (non-hydrogen) atoms. The Hall–Kier alpha value is -4.27. The molecule has 1 aliphatic heterocycles. The first-order valence-corrected chi connectivity index (χ1v) is 13.9. The topological polar surface area (TPSA) is 84.9 Å². The highest BCUT2D eigenvalue weighted by Gasteiger charge is 2.34. The van der Waals surface area contributed by atoms with Crippen LogP contribution in [0.4, 0.5) is 0 Å². The van der Waals surface area contributed by atoms with Crippen molar-refractivity contribution in [3.05, 3.63) is 65.2 Å². The molecule has 0 saturated heterocycles. The Bertz CT molecular complexity index is 1300. The van der Waals surface area contributed by atoms with Crippen molar-refractivity contribution in [3.63, 3.8) is 0 Å².